The quantitative estimate of drug-likeness (QED) is 0.409. The average Bonchev–Trinajstić information content (AvgIpc) is 3.01. The first-order valence-electron chi connectivity index (χ1n) is 11.1. The number of esters is 1. The molecule has 0 spiro atoms. The van der Waals surface area contributed by atoms with Crippen molar-refractivity contribution in [1.29, 1.82) is 0 Å². The fourth-order valence-electron chi connectivity index (χ4n) is 5.27. The molecule has 2 aliphatic heterocycles. The van der Waals surface area contributed by atoms with Crippen LogP contribution < -0.4 is 0 Å². The smallest absolute Gasteiger partial charge is 0.310 e. The van der Waals surface area contributed by atoms with Crippen LogP contribution in [0, 0.1) is 17.8 Å². The van der Waals surface area contributed by atoms with Crippen molar-refractivity contribution in [2.75, 3.05) is 14.2 Å². The molecule has 2 aromatic rings. The van der Waals surface area contributed by atoms with Crippen LogP contribution in [0.15, 0.2) is 54.6 Å². The highest BCUT2D eigenvalue weighted by Gasteiger charge is 2.49. The van der Waals surface area contributed by atoms with Crippen LogP contribution in [0.3, 0.4) is 0 Å². The number of carbonyl (C=O) groups is 1. The van der Waals surface area contributed by atoms with E-state index in [4.69, 9.17) is 4.74 Å². The normalized spacial score (nSPS) is 25.4. The number of rotatable bonds is 5. The zero-order valence-electron chi connectivity index (χ0n) is 18.0. The summed E-state index contributed by atoms with van der Waals surface area (Å²) in [7, 11) is 3.67. The third kappa shape index (κ3) is 4.45. The number of carbonyl (C=O) groups excluding carboxylic acids is 1. The van der Waals surface area contributed by atoms with Crippen molar-refractivity contribution >= 4 is 5.97 Å². The zero-order chi connectivity index (χ0) is 20.9. The van der Waals surface area contributed by atoms with Crippen LogP contribution in [0.2, 0.25) is 0 Å². The molecule has 2 saturated heterocycles. The molecule has 2 fully saturated rings. The van der Waals surface area contributed by atoms with Gasteiger partial charge in [-0.15, -0.1) is 0 Å². The van der Waals surface area contributed by atoms with Gasteiger partial charge in [0.15, 0.2) is 0 Å². The molecule has 2 heterocycles. The molecular formula is C27H31NO2. The number of fused-ring (bicyclic) bond motifs is 2. The van der Waals surface area contributed by atoms with E-state index < -0.39 is 0 Å². The molecule has 0 radical (unpaired) electrons. The minimum atomic E-state index is -0.0753. The third-order valence-corrected chi connectivity index (χ3v) is 6.92. The largest absolute Gasteiger partial charge is 0.469 e. The van der Waals surface area contributed by atoms with E-state index in [9.17, 15) is 4.79 Å². The second-order valence-electron chi connectivity index (χ2n) is 8.62. The van der Waals surface area contributed by atoms with Crippen LogP contribution in [-0.2, 0) is 16.0 Å². The third-order valence-electron chi connectivity index (χ3n) is 6.92. The average molecular weight is 402 g/mol. The van der Waals surface area contributed by atoms with Crippen molar-refractivity contribution in [2.24, 2.45) is 5.92 Å². The van der Waals surface area contributed by atoms with Gasteiger partial charge in [0.2, 0.25) is 0 Å². The standard InChI is InChI=1S/C27H31NO2/c1-28-23-17-18-25(28)26(27(29)30-2)24(19-23)22-15-13-21(14-16-22)12-8-4-7-11-20-9-5-3-6-10-20/h3,5-6,9-10,13-16,23-26H,4,7,11,17-19H2,1-2H3/t23?,24-,25-,26?/m1/s1. The Labute approximate surface area is 180 Å². The second-order valence-corrected chi connectivity index (χ2v) is 8.62. The molecule has 2 aliphatic rings. The first kappa shape index (κ1) is 20.7. The molecule has 2 bridgehead atoms. The number of benzene rings is 2. The minimum absolute atomic E-state index is 0.0699. The number of nitrogens with zero attached hydrogens (tertiary/aromatic N) is 1. The summed E-state index contributed by atoms with van der Waals surface area (Å²) in [6, 6.07) is 20.0. The molecule has 2 aromatic carbocycles. The van der Waals surface area contributed by atoms with Crippen molar-refractivity contribution in [3.05, 3.63) is 71.3 Å². The van der Waals surface area contributed by atoms with Crippen LogP contribution in [0.5, 0.6) is 0 Å². The zero-order valence-corrected chi connectivity index (χ0v) is 18.0. The van der Waals surface area contributed by atoms with Gasteiger partial charge in [0, 0.05) is 30.0 Å². The van der Waals surface area contributed by atoms with Crippen molar-refractivity contribution in [3.63, 3.8) is 0 Å². The lowest BCUT2D eigenvalue weighted by molar-refractivity contribution is -0.150. The van der Waals surface area contributed by atoms with E-state index in [1.54, 1.807) is 0 Å². The summed E-state index contributed by atoms with van der Waals surface area (Å²) < 4.78 is 5.18. The van der Waals surface area contributed by atoms with Gasteiger partial charge in [0.25, 0.3) is 0 Å². The van der Waals surface area contributed by atoms with Crippen LogP contribution in [-0.4, -0.2) is 37.1 Å². The van der Waals surface area contributed by atoms with Crippen LogP contribution in [0.4, 0.5) is 0 Å². The number of ether oxygens (including phenoxy) is 1. The van der Waals surface area contributed by atoms with E-state index in [2.05, 4.69) is 78.4 Å². The van der Waals surface area contributed by atoms with Gasteiger partial charge in [0.05, 0.1) is 13.0 Å². The Kier molecular flexibility index (Phi) is 6.55. The maximum atomic E-state index is 12.6. The fraction of sp³-hybridized carbons (Fsp3) is 0.444. The lowest BCUT2D eigenvalue weighted by atomic mass is 9.76. The monoisotopic (exact) mass is 401 g/mol. The summed E-state index contributed by atoms with van der Waals surface area (Å²) in [4.78, 5) is 15.0. The molecule has 3 nitrogen and oxygen atoms in total. The Morgan fingerprint density at radius 3 is 2.60 bits per heavy atom. The molecule has 0 saturated carbocycles. The van der Waals surface area contributed by atoms with Crippen molar-refractivity contribution in [3.8, 4) is 11.8 Å². The summed E-state index contributed by atoms with van der Waals surface area (Å²) in [5.74, 6) is 6.69. The van der Waals surface area contributed by atoms with Gasteiger partial charge in [0.1, 0.15) is 0 Å². The fourth-order valence-corrected chi connectivity index (χ4v) is 5.27. The maximum absolute atomic E-state index is 12.6. The topological polar surface area (TPSA) is 29.5 Å². The van der Waals surface area contributed by atoms with Gasteiger partial charge >= 0.3 is 5.97 Å². The first-order chi connectivity index (χ1) is 14.7. The maximum Gasteiger partial charge on any atom is 0.310 e. The van der Waals surface area contributed by atoms with E-state index in [1.165, 1.54) is 24.7 Å². The van der Waals surface area contributed by atoms with Crippen LogP contribution >= 0.6 is 0 Å². The SMILES string of the molecule is COC(=O)C1[C@@H](c2ccc(C#CCCCc3ccccc3)cc2)CC2CC[C@H]1N2C. The minimum Gasteiger partial charge on any atom is -0.469 e. The molecule has 0 amide bonds. The van der Waals surface area contributed by atoms with E-state index in [1.807, 2.05) is 0 Å². The Balaban J connectivity index is 1.39. The second kappa shape index (κ2) is 9.49. The van der Waals surface area contributed by atoms with E-state index in [0.29, 0.717) is 12.1 Å². The molecule has 3 heteroatoms. The highest BCUT2D eigenvalue weighted by molar-refractivity contribution is 5.75. The van der Waals surface area contributed by atoms with Crippen molar-refractivity contribution < 1.29 is 9.53 Å². The Bertz CT molecular complexity index is 909. The molecule has 30 heavy (non-hydrogen) atoms. The lowest BCUT2D eigenvalue weighted by Crippen LogP contribution is -2.49. The molecule has 0 aliphatic carbocycles. The summed E-state index contributed by atoms with van der Waals surface area (Å²) in [5, 5.41) is 0. The van der Waals surface area contributed by atoms with Gasteiger partial charge in [-0.3, -0.25) is 9.69 Å². The predicted octanol–water partition coefficient (Wildman–Crippen LogP) is 4.80. The Morgan fingerprint density at radius 1 is 1.10 bits per heavy atom. The Hall–Kier alpha value is -2.57. The highest BCUT2D eigenvalue weighted by atomic mass is 16.5. The summed E-state index contributed by atoms with van der Waals surface area (Å²) in [5.41, 5.74) is 3.66. The van der Waals surface area contributed by atoms with Gasteiger partial charge in [-0.25, -0.2) is 0 Å². The van der Waals surface area contributed by atoms with Gasteiger partial charge in [-0.1, -0.05) is 54.3 Å². The number of hydrogen-bond donors (Lipinski definition) is 0. The van der Waals surface area contributed by atoms with Gasteiger partial charge in [-0.05, 0) is 62.4 Å². The number of aryl methyl sites for hydroxylation is 1. The molecule has 0 aromatic heterocycles. The summed E-state index contributed by atoms with van der Waals surface area (Å²) in [6.07, 6.45) is 6.34. The molecular weight excluding hydrogens is 370 g/mol. The summed E-state index contributed by atoms with van der Waals surface area (Å²) in [6.45, 7) is 0. The van der Waals surface area contributed by atoms with Crippen LogP contribution in [0.1, 0.15) is 54.7 Å². The van der Waals surface area contributed by atoms with Crippen molar-refractivity contribution in [2.45, 2.75) is 56.5 Å². The first-order valence-corrected chi connectivity index (χ1v) is 11.1. The molecule has 4 rings (SSSR count). The number of unbranched alkanes of at least 4 members (excludes halogenated alkanes) is 1. The number of piperidine rings is 1. The predicted molar refractivity (Wildman–Crippen MR) is 120 cm³/mol. The van der Waals surface area contributed by atoms with Crippen LogP contribution in [0.25, 0.3) is 0 Å². The molecule has 2 unspecified atom stereocenters. The highest BCUT2D eigenvalue weighted by Crippen LogP contribution is 2.46. The molecule has 0 N–H and O–H groups in total. The van der Waals surface area contributed by atoms with E-state index in [-0.39, 0.29) is 17.8 Å². The van der Waals surface area contributed by atoms with Crippen molar-refractivity contribution in [1.82, 2.24) is 4.90 Å². The Morgan fingerprint density at radius 2 is 1.87 bits per heavy atom. The lowest BCUT2D eigenvalue weighted by Gasteiger charge is -2.41. The van der Waals surface area contributed by atoms with E-state index in [0.717, 1.165) is 37.7 Å². The van der Waals surface area contributed by atoms with Gasteiger partial charge in [-0.2, -0.15) is 0 Å². The van der Waals surface area contributed by atoms with Gasteiger partial charge < -0.3 is 4.74 Å². The number of methoxy groups -OCH3 is 1. The molecule has 4 atom stereocenters. The molecule has 156 valence electrons. The summed E-state index contributed by atoms with van der Waals surface area (Å²) >= 11 is 0. The van der Waals surface area contributed by atoms with E-state index >= 15 is 0 Å². The number of hydrogen-bond acceptors (Lipinski definition) is 3.